The van der Waals surface area contributed by atoms with Gasteiger partial charge < -0.3 is 5.11 Å². The van der Waals surface area contributed by atoms with Gasteiger partial charge in [0.25, 0.3) is 0 Å². The van der Waals surface area contributed by atoms with Crippen LogP contribution in [-0.4, -0.2) is 16.8 Å². The van der Waals surface area contributed by atoms with E-state index in [1.165, 1.54) is 29.5 Å². The van der Waals surface area contributed by atoms with Crippen molar-refractivity contribution in [1.29, 1.82) is 0 Å². The lowest BCUT2D eigenvalue weighted by atomic mass is 10.4. The molecule has 0 fully saturated rings. The van der Waals surface area contributed by atoms with Gasteiger partial charge in [0, 0.05) is 21.6 Å². The number of aliphatic carboxylic acids is 1. The molecule has 0 radical (unpaired) electrons. The lowest BCUT2D eigenvalue weighted by Gasteiger charge is -1.96. The Hall–Kier alpha value is -0.740. The third-order valence-corrected chi connectivity index (χ3v) is 4.28. The average molecular weight is 256 g/mol. The first-order valence-corrected chi connectivity index (χ1v) is 7.27. The van der Waals surface area contributed by atoms with Crippen LogP contribution < -0.4 is 0 Å². The van der Waals surface area contributed by atoms with E-state index in [-0.39, 0.29) is 0 Å². The smallest absolute Gasteiger partial charge is 0.328 e. The monoisotopic (exact) mass is 256 g/mol. The summed E-state index contributed by atoms with van der Waals surface area (Å²) in [6, 6.07) is 4.05. The maximum atomic E-state index is 10.3. The van der Waals surface area contributed by atoms with Gasteiger partial charge in [-0.25, -0.2) is 4.79 Å². The summed E-state index contributed by atoms with van der Waals surface area (Å²) in [6.07, 6.45) is 5.33. The van der Waals surface area contributed by atoms with E-state index in [9.17, 15) is 4.79 Å². The number of rotatable bonds is 7. The number of thioether (sulfide) groups is 1. The summed E-state index contributed by atoms with van der Waals surface area (Å²) < 4.78 is 0. The van der Waals surface area contributed by atoms with Crippen LogP contribution in [0.5, 0.6) is 0 Å². The number of unbranched alkanes of at least 4 members (excludes halogenated alkanes) is 1. The van der Waals surface area contributed by atoms with Crippen LogP contribution in [0.2, 0.25) is 0 Å². The Balaban J connectivity index is 2.36. The molecule has 0 aliphatic rings. The molecule has 0 aliphatic carbocycles. The second kappa shape index (κ2) is 7.52. The number of thiophene rings is 1. The van der Waals surface area contributed by atoms with E-state index in [2.05, 4.69) is 13.0 Å². The van der Waals surface area contributed by atoms with Crippen molar-refractivity contribution in [2.24, 2.45) is 0 Å². The van der Waals surface area contributed by atoms with Crippen molar-refractivity contribution in [1.82, 2.24) is 0 Å². The highest BCUT2D eigenvalue weighted by atomic mass is 32.2. The molecule has 0 aliphatic heterocycles. The average Bonchev–Trinajstić information content (AvgIpc) is 2.70. The van der Waals surface area contributed by atoms with Gasteiger partial charge in [0.1, 0.15) is 0 Å². The molecule has 2 nitrogen and oxygen atoms in total. The Morgan fingerprint density at radius 2 is 2.38 bits per heavy atom. The third kappa shape index (κ3) is 5.37. The normalized spacial score (nSPS) is 11.1. The molecule has 0 saturated heterocycles. The first-order valence-electron chi connectivity index (χ1n) is 5.30. The molecule has 1 aromatic rings. The summed E-state index contributed by atoms with van der Waals surface area (Å²) in [6.45, 7) is 2.19. The van der Waals surface area contributed by atoms with Crippen molar-refractivity contribution in [2.75, 3.05) is 5.75 Å². The predicted octanol–water partition coefficient (Wildman–Crippen LogP) is 3.88. The van der Waals surface area contributed by atoms with Gasteiger partial charge in [0.2, 0.25) is 0 Å². The van der Waals surface area contributed by atoms with Gasteiger partial charge in [-0.2, -0.15) is 11.8 Å². The molecular formula is C12H16O2S2. The van der Waals surface area contributed by atoms with Crippen LogP contribution in [0.1, 0.15) is 29.5 Å². The van der Waals surface area contributed by atoms with Crippen LogP contribution in [-0.2, 0) is 10.5 Å². The Bertz CT molecular complexity index is 356. The topological polar surface area (TPSA) is 37.3 Å². The lowest BCUT2D eigenvalue weighted by molar-refractivity contribution is -0.131. The molecule has 1 N–H and O–H groups in total. The Kier molecular flexibility index (Phi) is 6.26. The van der Waals surface area contributed by atoms with Gasteiger partial charge >= 0.3 is 5.97 Å². The van der Waals surface area contributed by atoms with Crippen LogP contribution >= 0.6 is 23.1 Å². The van der Waals surface area contributed by atoms with Crippen molar-refractivity contribution < 1.29 is 9.90 Å². The van der Waals surface area contributed by atoms with E-state index in [1.54, 1.807) is 17.4 Å². The molecule has 0 unspecified atom stereocenters. The SMILES string of the molecule is CCCCSCc1ccc(C=CC(=O)O)s1. The second-order valence-corrected chi connectivity index (χ2v) is 5.69. The van der Waals surface area contributed by atoms with Gasteiger partial charge in [-0.1, -0.05) is 13.3 Å². The van der Waals surface area contributed by atoms with Gasteiger partial charge in [-0.3, -0.25) is 0 Å². The maximum absolute atomic E-state index is 10.3. The molecule has 4 heteroatoms. The van der Waals surface area contributed by atoms with E-state index in [0.29, 0.717) is 0 Å². The highest BCUT2D eigenvalue weighted by Crippen LogP contribution is 2.23. The van der Waals surface area contributed by atoms with Crippen LogP contribution in [0.3, 0.4) is 0 Å². The molecule has 16 heavy (non-hydrogen) atoms. The summed E-state index contributed by atoms with van der Waals surface area (Å²) >= 11 is 3.60. The lowest BCUT2D eigenvalue weighted by Crippen LogP contribution is -1.84. The molecule has 1 rings (SSSR count). The summed E-state index contributed by atoms with van der Waals surface area (Å²) in [5, 5.41) is 8.50. The number of carbonyl (C=O) groups is 1. The van der Waals surface area contributed by atoms with Gasteiger partial charge in [-0.15, -0.1) is 11.3 Å². The molecule has 1 heterocycles. The van der Waals surface area contributed by atoms with Gasteiger partial charge in [0.15, 0.2) is 0 Å². The molecule has 0 spiro atoms. The fourth-order valence-electron chi connectivity index (χ4n) is 1.13. The second-order valence-electron chi connectivity index (χ2n) is 3.38. The molecule has 0 amide bonds. The number of hydrogen-bond donors (Lipinski definition) is 1. The first-order chi connectivity index (χ1) is 7.72. The van der Waals surface area contributed by atoms with Crippen molar-refractivity contribution in [3.05, 3.63) is 28.0 Å². The number of carboxylic acids is 1. The molecule has 0 atom stereocenters. The fraction of sp³-hybridized carbons (Fsp3) is 0.417. The van der Waals surface area contributed by atoms with Gasteiger partial charge in [0.05, 0.1) is 0 Å². The van der Waals surface area contributed by atoms with E-state index in [4.69, 9.17) is 5.11 Å². The summed E-state index contributed by atoms with van der Waals surface area (Å²) in [5.41, 5.74) is 0. The molecule has 1 aromatic heterocycles. The Morgan fingerprint density at radius 1 is 1.56 bits per heavy atom. The number of carboxylic acid groups (broad SMARTS) is 1. The van der Waals surface area contributed by atoms with Crippen LogP contribution in [0, 0.1) is 0 Å². The fourth-order valence-corrected chi connectivity index (χ4v) is 3.27. The minimum Gasteiger partial charge on any atom is -0.478 e. The predicted molar refractivity (Wildman–Crippen MR) is 72.1 cm³/mol. The molecule has 0 aromatic carbocycles. The zero-order valence-corrected chi connectivity index (χ0v) is 10.9. The van der Waals surface area contributed by atoms with E-state index >= 15 is 0 Å². The van der Waals surface area contributed by atoms with Crippen LogP contribution in [0.4, 0.5) is 0 Å². The van der Waals surface area contributed by atoms with Crippen molar-refractivity contribution >= 4 is 35.1 Å². The largest absolute Gasteiger partial charge is 0.478 e. The molecule has 0 saturated carbocycles. The van der Waals surface area contributed by atoms with E-state index in [0.717, 1.165) is 10.6 Å². The number of hydrogen-bond acceptors (Lipinski definition) is 3. The Labute approximate surface area is 104 Å². The van der Waals surface area contributed by atoms with Crippen molar-refractivity contribution in [3.8, 4) is 0 Å². The molecule has 88 valence electrons. The van der Waals surface area contributed by atoms with Crippen molar-refractivity contribution in [3.63, 3.8) is 0 Å². The quantitative estimate of drug-likeness (QED) is 0.594. The van der Waals surface area contributed by atoms with E-state index < -0.39 is 5.97 Å². The zero-order valence-electron chi connectivity index (χ0n) is 9.31. The van der Waals surface area contributed by atoms with E-state index in [1.807, 2.05) is 17.8 Å². The molecule has 0 bridgehead atoms. The summed E-state index contributed by atoms with van der Waals surface area (Å²) in [7, 11) is 0. The third-order valence-electron chi connectivity index (χ3n) is 1.96. The minimum atomic E-state index is -0.896. The maximum Gasteiger partial charge on any atom is 0.328 e. The zero-order chi connectivity index (χ0) is 11.8. The van der Waals surface area contributed by atoms with Crippen molar-refractivity contribution in [2.45, 2.75) is 25.5 Å². The Morgan fingerprint density at radius 3 is 3.06 bits per heavy atom. The standard InChI is InChI=1S/C12H16O2S2/c1-2-3-8-15-9-11-5-4-10(16-11)6-7-12(13)14/h4-7H,2-3,8-9H2,1H3,(H,13,14). The highest BCUT2D eigenvalue weighted by Gasteiger charge is 1.98. The highest BCUT2D eigenvalue weighted by molar-refractivity contribution is 7.98. The van der Waals surface area contributed by atoms with Gasteiger partial charge in [-0.05, 0) is 30.4 Å². The minimum absolute atomic E-state index is 0.896. The summed E-state index contributed by atoms with van der Waals surface area (Å²) in [4.78, 5) is 12.7. The first kappa shape index (κ1) is 13.3. The summed E-state index contributed by atoms with van der Waals surface area (Å²) in [5.74, 6) is 1.34. The molecular weight excluding hydrogens is 240 g/mol. The van der Waals surface area contributed by atoms with Crippen LogP contribution in [0.15, 0.2) is 18.2 Å². The van der Waals surface area contributed by atoms with Crippen LogP contribution in [0.25, 0.3) is 6.08 Å².